The van der Waals surface area contributed by atoms with Crippen molar-refractivity contribution < 1.29 is 24.2 Å². The number of ether oxygens (including phenoxy) is 2. The summed E-state index contributed by atoms with van der Waals surface area (Å²) in [7, 11) is 3.15. The topological polar surface area (TPSA) is 91.3 Å². The molecule has 0 aliphatic carbocycles. The Balaban J connectivity index is 1.73. The van der Waals surface area contributed by atoms with Gasteiger partial charge in [0, 0.05) is 13.1 Å². The number of piperidine rings is 1. The predicted molar refractivity (Wildman–Crippen MR) is 114 cm³/mol. The number of imide groups is 1. The molecule has 4 rings (SSSR count). The molecular formula is C23H27N3O5. The summed E-state index contributed by atoms with van der Waals surface area (Å²) >= 11 is 0. The van der Waals surface area contributed by atoms with Crippen molar-refractivity contribution in [3.63, 3.8) is 0 Å². The minimum atomic E-state index is -1.36. The maximum atomic E-state index is 13.8. The van der Waals surface area contributed by atoms with Gasteiger partial charge in [-0.2, -0.15) is 0 Å². The number of likely N-dealkylation sites (tertiary alicyclic amines) is 1. The Hall–Kier alpha value is -3.10. The number of β-amino-alcohol motifs (C(OH)–C–C–N with tert-alkyl or cyclic N) is 1. The fourth-order valence-electron chi connectivity index (χ4n) is 4.30. The lowest BCUT2D eigenvalue weighted by molar-refractivity contribution is -0.132. The number of amides is 3. The zero-order valence-corrected chi connectivity index (χ0v) is 17.7. The normalized spacial score (nSPS) is 21.1. The van der Waals surface area contributed by atoms with Crippen LogP contribution >= 0.6 is 0 Å². The quantitative estimate of drug-likeness (QED) is 0.687. The average Bonchev–Trinajstić information content (AvgIpc) is 3.05. The zero-order chi connectivity index (χ0) is 22.0. The summed E-state index contributed by atoms with van der Waals surface area (Å²) in [4.78, 5) is 30.0. The Labute approximate surface area is 181 Å². The van der Waals surface area contributed by atoms with Crippen LogP contribution in [0.4, 0.5) is 4.79 Å². The second-order valence-electron chi connectivity index (χ2n) is 7.88. The van der Waals surface area contributed by atoms with Gasteiger partial charge in [0.2, 0.25) is 0 Å². The van der Waals surface area contributed by atoms with Crippen molar-refractivity contribution in [2.24, 2.45) is 0 Å². The number of nitrogens with one attached hydrogen (secondary N) is 1. The zero-order valence-electron chi connectivity index (χ0n) is 17.7. The second-order valence-corrected chi connectivity index (χ2v) is 7.88. The van der Waals surface area contributed by atoms with Gasteiger partial charge in [-0.05, 0) is 48.2 Å². The molecule has 0 bridgehead atoms. The Morgan fingerprint density at radius 1 is 1.00 bits per heavy atom. The molecule has 164 valence electrons. The number of methoxy groups -OCH3 is 2. The molecule has 2 heterocycles. The van der Waals surface area contributed by atoms with Gasteiger partial charge in [0.15, 0.2) is 5.54 Å². The fraction of sp³-hybridized carbons (Fsp3) is 0.391. The summed E-state index contributed by atoms with van der Waals surface area (Å²) in [6.45, 7) is 1.30. The third-order valence-electron chi connectivity index (χ3n) is 5.97. The van der Waals surface area contributed by atoms with Crippen molar-refractivity contribution in [1.29, 1.82) is 0 Å². The Bertz CT molecular complexity index is 897. The molecule has 1 atom stereocenters. The molecule has 2 N–H and O–H groups in total. The van der Waals surface area contributed by atoms with Crippen LogP contribution in [0.2, 0.25) is 0 Å². The first-order valence-corrected chi connectivity index (χ1v) is 10.3. The molecule has 2 aromatic carbocycles. The highest BCUT2D eigenvalue weighted by atomic mass is 16.5. The van der Waals surface area contributed by atoms with Crippen LogP contribution in [0, 0.1) is 0 Å². The van der Waals surface area contributed by atoms with Crippen molar-refractivity contribution in [1.82, 2.24) is 15.1 Å². The van der Waals surface area contributed by atoms with E-state index in [1.807, 2.05) is 4.90 Å². The maximum Gasteiger partial charge on any atom is 0.326 e. The molecule has 0 radical (unpaired) electrons. The van der Waals surface area contributed by atoms with Crippen LogP contribution in [-0.2, 0) is 10.3 Å². The lowest BCUT2D eigenvalue weighted by Gasteiger charge is -2.33. The molecule has 0 saturated carbocycles. The molecule has 2 fully saturated rings. The Morgan fingerprint density at radius 3 is 2.03 bits per heavy atom. The minimum Gasteiger partial charge on any atom is -0.497 e. The van der Waals surface area contributed by atoms with E-state index in [-0.39, 0.29) is 12.6 Å². The molecule has 0 unspecified atom stereocenters. The number of aliphatic hydroxyl groups is 1. The van der Waals surface area contributed by atoms with Crippen molar-refractivity contribution in [2.45, 2.75) is 24.5 Å². The van der Waals surface area contributed by atoms with Gasteiger partial charge in [-0.25, -0.2) is 9.69 Å². The van der Waals surface area contributed by atoms with E-state index in [1.165, 1.54) is 4.90 Å². The van der Waals surface area contributed by atoms with Gasteiger partial charge < -0.3 is 19.9 Å². The highest BCUT2D eigenvalue weighted by Crippen LogP contribution is 2.37. The third kappa shape index (κ3) is 3.84. The van der Waals surface area contributed by atoms with Crippen molar-refractivity contribution in [2.75, 3.05) is 34.0 Å². The number of urea groups is 1. The summed E-state index contributed by atoms with van der Waals surface area (Å²) in [5, 5.41) is 12.9. The molecule has 8 nitrogen and oxygen atoms in total. The molecule has 3 amide bonds. The van der Waals surface area contributed by atoms with E-state index in [0.29, 0.717) is 29.2 Å². The first kappa shape index (κ1) is 21.1. The molecule has 0 aromatic heterocycles. The summed E-state index contributed by atoms with van der Waals surface area (Å²) in [6, 6.07) is 13.8. The van der Waals surface area contributed by atoms with Crippen molar-refractivity contribution >= 4 is 11.9 Å². The van der Waals surface area contributed by atoms with Crippen LogP contribution in [0.3, 0.4) is 0 Å². The Kier molecular flexibility index (Phi) is 5.84. The molecular weight excluding hydrogens is 398 g/mol. The van der Waals surface area contributed by atoms with Crippen LogP contribution < -0.4 is 14.8 Å². The maximum absolute atomic E-state index is 13.8. The van der Waals surface area contributed by atoms with E-state index in [4.69, 9.17) is 9.47 Å². The summed E-state index contributed by atoms with van der Waals surface area (Å²) < 4.78 is 10.5. The van der Waals surface area contributed by atoms with E-state index < -0.39 is 17.7 Å². The Morgan fingerprint density at radius 2 is 1.55 bits per heavy atom. The van der Waals surface area contributed by atoms with E-state index in [1.54, 1.807) is 62.8 Å². The fourth-order valence-corrected chi connectivity index (χ4v) is 4.30. The summed E-state index contributed by atoms with van der Waals surface area (Å²) in [5.41, 5.74) is -0.0830. The second kappa shape index (κ2) is 8.56. The molecule has 8 heteroatoms. The smallest absolute Gasteiger partial charge is 0.326 e. The molecule has 31 heavy (non-hydrogen) atoms. The number of aliphatic hydroxyl groups excluding tert-OH is 1. The van der Waals surface area contributed by atoms with Crippen LogP contribution in [0.15, 0.2) is 48.5 Å². The lowest BCUT2D eigenvalue weighted by atomic mass is 9.82. The van der Waals surface area contributed by atoms with Crippen molar-refractivity contribution in [3.05, 3.63) is 59.7 Å². The first-order valence-electron chi connectivity index (χ1n) is 10.3. The number of nitrogens with zero attached hydrogens (tertiary/aromatic N) is 2. The van der Waals surface area contributed by atoms with Crippen LogP contribution in [-0.4, -0.2) is 66.9 Å². The molecule has 2 saturated heterocycles. The van der Waals surface area contributed by atoms with Gasteiger partial charge in [-0.15, -0.1) is 0 Å². The number of hydrogen-bond acceptors (Lipinski definition) is 6. The number of carbonyl (C=O) groups is 2. The van der Waals surface area contributed by atoms with Gasteiger partial charge >= 0.3 is 6.03 Å². The van der Waals surface area contributed by atoms with Crippen LogP contribution in [0.25, 0.3) is 0 Å². The SMILES string of the molecule is COc1ccc(C2(c3ccc(OC)cc3)NC(=O)N(CN3CCC[C@H](O)C3)C2=O)cc1. The van der Waals surface area contributed by atoms with Gasteiger partial charge in [0.25, 0.3) is 5.91 Å². The molecule has 2 aliphatic heterocycles. The van der Waals surface area contributed by atoms with Crippen molar-refractivity contribution in [3.8, 4) is 11.5 Å². The first-order chi connectivity index (χ1) is 15.0. The van der Waals surface area contributed by atoms with Gasteiger partial charge in [0.1, 0.15) is 11.5 Å². The number of rotatable bonds is 6. The lowest BCUT2D eigenvalue weighted by Crippen LogP contribution is -2.48. The van der Waals surface area contributed by atoms with E-state index in [2.05, 4.69) is 5.32 Å². The standard InChI is InChI=1S/C23H27N3O5/c1-30-19-9-5-16(6-10-19)23(17-7-11-20(31-2)12-8-17)21(28)26(22(29)24-23)15-25-13-3-4-18(27)14-25/h5-12,18,27H,3-4,13-15H2,1-2H3,(H,24,29)/t18-/m0/s1. The van der Waals surface area contributed by atoms with Crippen LogP contribution in [0.5, 0.6) is 11.5 Å². The highest BCUT2D eigenvalue weighted by Gasteiger charge is 2.54. The monoisotopic (exact) mass is 425 g/mol. The summed E-state index contributed by atoms with van der Waals surface area (Å²) in [5.74, 6) is 0.960. The highest BCUT2D eigenvalue weighted by molar-refractivity contribution is 6.09. The van der Waals surface area contributed by atoms with E-state index in [9.17, 15) is 14.7 Å². The third-order valence-corrected chi connectivity index (χ3v) is 5.97. The molecule has 2 aromatic rings. The number of hydrogen-bond donors (Lipinski definition) is 2. The van der Waals surface area contributed by atoms with E-state index in [0.717, 1.165) is 19.4 Å². The summed E-state index contributed by atoms with van der Waals surface area (Å²) in [6.07, 6.45) is 1.12. The molecule has 0 spiro atoms. The van der Waals surface area contributed by atoms with Gasteiger partial charge in [-0.1, -0.05) is 24.3 Å². The number of benzene rings is 2. The predicted octanol–water partition coefficient (Wildman–Crippen LogP) is 1.91. The van der Waals surface area contributed by atoms with Gasteiger partial charge in [-0.3, -0.25) is 9.69 Å². The average molecular weight is 425 g/mol. The largest absolute Gasteiger partial charge is 0.497 e. The number of carbonyl (C=O) groups excluding carboxylic acids is 2. The van der Waals surface area contributed by atoms with Crippen LogP contribution in [0.1, 0.15) is 24.0 Å². The van der Waals surface area contributed by atoms with E-state index >= 15 is 0 Å². The molecule has 2 aliphatic rings. The van der Waals surface area contributed by atoms with Gasteiger partial charge in [0.05, 0.1) is 27.0 Å². The minimum absolute atomic E-state index is 0.135.